The van der Waals surface area contributed by atoms with Gasteiger partial charge in [0.15, 0.2) is 0 Å². The molecule has 0 saturated carbocycles. The van der Waals surface area contributed by atoms with E-state index in [1.165, 1.54) is 0 Å². The minimum Gasteiger partial charge on any atom is -0.497 e. The fourth-order valence-electron chi connectivity index (χ4n) is 4.69. The molecule has 6 nitrogen and oxygen atoms in total. The molecule has 3 aromatic carbocycles. The monoisotopic (exact) mass is 458 g/mol. The lowest BCUT2D eigenvalue weighted by molar-refractivity contribution is -0.124. The Bertz CT molecular complexity index is 1160. The average molecular weight is 459 g/mol. The zero-order valence-electron chi connectivity index (χ0n) is 20.0. The van der Waals surface area contributed by atoms with Gasteiger partial charge in [-0.25, -0.2) is 0 Å². The number of methoxy groups -OCH3 is 2. The highest BCUT2D eigenvalue weighted by molar-refractivity contribution is 6.05. The third kappa shape index (κ3) is 4.36. The van der Waals surface area contributed by atoms with Crippen LogP contribution in [0.5, 0.6) is 11.5 Å². The number of anilines is 2. The van der Waals surface area contributed by atoms with E-state index < -0.39 is 12.0 Å². The second-order valence-corrected chi connectivity index (χ2v) is 8.37. The molecule has 0 aliphatic carbocycles. The van der Waals surface area contributed by atoms with Crippen molar-refractivity contribution in [3.8, 4) is 11.5 Å². The van der Waals surface area contributed by atoms with E-state index in [4.69, 9.17) is 9.47 Å². The van der Waals surface area contributed by atoms with Crippen molar-refractivity contribution < 1.29 is 19.1 Å². The molecule has 1 heterocycles. The number of rotatable bonds is 7. The van der Waals surface area contributed by atoms with Gasteiger partial charge in [-0.15, -0.1) is 0 Å². The highest BCUT2D eigenvalue weighted by Gasteiger charge is 2.46. The summed E-state index contributed by atoms with van der Waals surface area (Å²) >= 11 is 0. The van der Waals surface area contributed by atoms with Gasteiger partial charge in [0, 0.05) is 24.8 Å². The summed E-state index contributed by atoms with van der Waals surface area (Å²) < 4.78 is 10.6. The van der Waals surface area contributed by atoms with Crippen LogP contribution >= 0.6 is 0 Å². The number of benzene rings is 3. The van der Waals surface area contributed by atoms with Crippen LogP contribution < -0.4 is 19.3 Å². The second kappa shape index (κ2) is 10.00. The van der Waals surface area contributed by atoms with Gasteiger partial charge in [-0.3, -0.25) is 9.59 Å². The van der Waals surface area contributed by atoms with E-state index in [0.29, 0.717) is 5.75 Å². The summed E-state index contributed by atoms with van der Waals surface area (Å²) in [6, 6.07) is 22.4. The Morgan fingerprint density at radius 3 is 2.12 bits per heavy atom. The van der Waals surface area contributed by atoms with Crippen molar-refractivity contribution in [3.05, 3.63) is 83.9 Å². The Labute approximate surface area is 200 Å². The summed E-state index contributed by atoms with van der Waals surface area (Å²) in [5.41, 5.74) is 3.59. The Hall–Kier alpha value is -3.80. The maximum Gasteiger partial charge on any atom is 0.232 e. The van der Waals surface area contributed by atoms with Crippen molar-refractivity contribution in [1.29, 1.82) is 0 Å². The third-order valence-electron chi connectivity index (χ3n) is 6.51. The molecule has 0 unspecified atom stereocenters. The number of amides is 2. The summed E-state index contributed by atoms with van der Waals surface area (Å²) in [5.74, 6) is 0.742. The molecular formula is C28H30N2O4. The molecule has 176 valence electrons. The Balaban J connectivity index is 1.75. The molecule has 1 aliphatic heterocycles. The second-order valence-electron chi connectivity index (χ2n) is 8.37. The number of nitrogens with zero attached hydrogens (tertiary/aromatic N) is 2. The SMILES string of the molecule is CCc1ccccc1N(C)C(=O)[C@@H]1CC(=O)N(c2ccc(OC)cc2)[C@@H]1c1ccc(OC)cc1. The summed E-state index contributed by atoms with van der Waals surface area (Å²) in [7, 11) is 5.02. The van der Waals surface area contributed by atoms with E-state index >= 15 is 0 Å². The lowest BCUT2D eigenvalue weighted by Gasteiger charge is -2.31. The molecule has 0 N–H and O–H groups in total. The van der Waals surface area contributed by atoms with Crippen molar-refractivity contribution in [3.63, 3.8) is 0 Å². The molecule has 3 aromatic rings. The van der Waals surface area contributed by atoms with E-state index in [0.717, 1.165) is 34.7 Å². The molecule has 1 aliphatic rings. The molecule has 2 atom stereocenters. The van der Waals surface area contributed by atoms with Gasteiger partial charge >= 0.3 is 0 Å². The molecule has 6 heteroatoms. The third-order valence-corrected chi connectivity index (χ3v) is 6.51. The van der Waals surface area contributed by atoms with Crippen LogP contribution in [0.15, 0.2) is 72.8 Å². The first kappa shape index (κ1) is 23.4. The standard InChI is InChI=1S/C28H30N2O4/c1-5-19-8-6-7-9-25(19)29(2)28(32)24-18-26(31)30(21-12-16-23(34-4)17-13-21)27(24)20-10-14-22(33-3)15-11-20/h6-17,24,27H,5,18H2,1-4H3/t24-,27-/m1/s1. The number of carbonyl (C=O) groups excluding carboxylic acids is 2. The van der Waals surface area contributed by atoms with Gasteiger partial charge in [-0.1, -0.05) is 37.3 Å². The average Bonchev–Trinajstić information content (AvgIpc) is 3.24. The van der Waals surface area contributed by atoms with E-state index in [9.17, 15) is 9.59 Å². The van der Waals surface area contributed by atoms with Gasteiger partial charge in [0.25, 0.3) is 0 Å². The molecule has 0 bridgehead atoms. The van der Waals surface area contributed by atoms with Crippen LogP contribution in [-0.2, 0) is 16.0 Å². The fraction of sp³-hybridized carbons (Fsp3) is 0.286. The van der Waals surface area contributed by atoms with Gasteiger partial charge in [0.1, 0.15) is 11.5 Å². The van der Waals surface area contributed by atoms with Crippen LogP contribution in [0.1, 0.15) is 30.5 Å². The predicted molar refractivity (Wildman–Crippen MR) is 134 cm³/mol. The van der Waals surface area contributed by atoms with Gasteiger partial charge in [-0.2, -0.15) is 0 Å². The molecule has 2 amide bonds. The van der Waals surface area contributed by atoms with Crippen LogP contribution in [0.2, 0.25) is 0 Å². The van der Waals surface area contributed by atoms with Crippen LogP contribution in [0, 0.1) is 5.92 Å². The lowest BCUT2D eigenvalue weighted by atomic mass is 9.91. The predicted octanol–water partition coefficient (Wildman–Crippen LogP) is 5.02. The first-order chi connectivity index (χ1) is 16.5. The Morgan fingerprint density at radius 2 is 1.53 bits per heavy atom. The zero-order chi connectivity index (χ0) is 24.2. The number of ether oxygens (including phenoxy) is 2. The van der Waals surface area contributed by atoms with Crippen molar-refractivity contribution in [2.75, 3.05) is 31.1 Å². The summed E-state index contributed by atoms with van der Waals surface area (Å²) in [6.45, 7) is 2.07. The molecule has 1 fully saturated rings. The molecule has 34 heavy (non-hydrogen) atoms. The summed E-state index contributed by atoms with van der Waals surface area (Å²) in [4.78, 5) is 30.6. The number of para-hydroxylation sites is 1. The van der Waals surface area contributed by atoms with Gasteiger partial charge in [0.05, 0.1) is 26.2 Å². The summed E-state index contributed by atoms with van der Waals surface area (Å²) in [5, 5.41) is 0. The highest BCUT2D eigenvalue weighted by atomic mass is 16.5. The van der Waals surface area contributed by atoms with Gasteiger partial charge in [0.2, 0.25) is 11.8 Å². The first-order valence-electron chi connectivity index (χ1n) is 11.4. The highest BCUT2D eigenvalue weighted by Crippen LogP contribution is 2.43. The maximum atomic E-state index is 13.8. The first-order valence-corrected chi connectivity index (χ1v) is 11.4. The minimum atomic E-state index is -0.530. The van der Waals surface area contributed by atoms with Crippen LogP contribution in [0.3, 0.4) is 0 Å². The van der Waals surface area contributed by atoms with Crippen molar-refractivity contribution >= 4 is 23.2 Å². The quantitative estimate of drug-likeness (QED) is 0.499. The van der Waals surface area contributed by atoms with E-state index in [-0.39, 0.29) is 18.2 Å². The van der Waals surface area contributed by atoms with Crippen LogP contribution in [0.4, 0.5) is 11.4 Å². The van der Waals surface area contributed by atoms with E-state index in [2.05, 4.69) is 6.92 Å². The van der Waals surface area contributed by atoms with Crippen molar-refractivity contribution in [2.24, 2.45) is 5.92 Å². The van der Waals surface area contributed by atoms with E-state index in [1.807, 2.05) is 72.8 Å². The minimum absolute atomic E-state index is 0.0777. The van der Waals surface area contributed by atoms with Crippen LogP contribution in [0.25, 0.3) is 0 Å². The number of hydrogen-bond donors (Lipinski definition) is 0. The van der Waals surface area contributed by atoms with Crippen molar-refractivity contribution in [1.82, 2.24) is 0 Å². The molecule has 4 rings (SSSR count). The van der Waals surface area contributed by atoms with E-state index in [1.54, 1.807) is 31.1 Å². The maximum absolute atomic E-state index is 13.8. The Morgan fingerprint density at radius 1 is 0.941 bits per heavy atom. The number of hydrogen-bond acceptors (Lipinski definition) is 4. The largest absolute Gasteiger partial charge is 0.497 e. The lowest BCUT2D eigenvalue weighted by Crippen LogP contribution is -2.37. The number of aryl methyl sites for hydroxylation is 1. The zero-order valence-corrected chi connectivity index (χ0v) is 20.0. The molecule has 0 spiro atoms. The van der Waals surface area contributed by atoms with Gasteiger partial charge < -0.3 is 19.3 Å². The molecule has 1 saturated heterocycles. The molecule has 0 radical (unpaired) electrons. The normalized spacial score (nSPS) is 17.5. The smallest absolute Gasteiger partial charge is 0.232 e. The fourth-order valence-corrected chi connectivity index (χ4v) is 4.69. The number of carbonyl (C=O) groups is 2. The van der Waals surface area contributed by atoms with Crippen molar-refractivity contribution in [2.45, 2.75) is 25.8 Å². The topological polar surface area (TPSA) is 59.1 Å². The molecular weight excluding hydrogens is 428 g/mol. The summed E-state index contributed by atoms with van der Waals surface area (Å²) in [6.07, 6.45) is 0.956. The van der Waals surface area contributed by atoms with Gasteiger partial charge in [-0.05, 0) is 60.0 Å². The molecule has 0 aromatic heterocycles. The Kier molecular flexibility index (Phi) is 6.87. The van der Waals surface area contributed by atoms with Crippen LogP contribution in [-0.4, -0.2) is 33.1 Å².